The third kappa shape index (κ3) is 4.54. The standard InChI is InChI=1S/C19H29NO3/c1-19(2)9-8-17(23-19)13-20-10-11-22-14-16(20)12-18(21)15-6-4-3-5-7-15/h3-7,16-18,21H,8-14H2,1-2H3/t16-,17+,18+/m0/s1. The zero-order chi connectivity index (χ0) is 16.3. The maximum Gasteiger partial charge on any atom is 0.0805 e. The maximum atomic E-state index is 10.5. The fraction of sp³-hybridized carbons (Fsp3) is 0.684. The molecule has 2 aliphatic rings. The van der Waals surface area contributed by atoms with Crippen LogP contribution in [0.15, 0.2) is 30.3 Å². The number of benzene rings is 1. The van der Waals surface area contributed by atoms with Crippen molar-refractivity contribution in [2.45, 2.75) is 57.0 Å². The number of aliphatic hydroxyl groups excluding tert-OH is 1. The van der Waals surface area contributed by atoms with E-state index in [1.807, 2.05) is 30.3 Å². The number of nitrogens with zero attached hydrogens (tertiary/aromatic N) is 1. The van der Waals surface area contributed by atoms with Crippen LogP contribution in [-0.2, 0) is 9.47 Å². The second-order valence-corrected chi connectivity index (χ2v) is 7.42. The summed E-state index contributed by atoms with van der Waals surface area (Å²) in [7, 11) is 0. The van der Waals surface area contributed by atoms with Gasteiger partial charge in [0.05, 0.1) is 31.0 Å². The molecule has 0 bridgehead atoms. The van der Waals surface area contributed by atoms with Crippen molar-refractivity contribution in [2.24, 2.45) is 0 Å². The first-order chi connectivity index (χ1) is 11.0. The molecule has 0 aliphatic carbocycles. The summed E-state index contributed by atoms with van der Waals surface area (Å²) in [4.78, 5) is 2.45. The Morgan fingerprint density at radius 2 is 2.09 bits per heavy atom. The third-order valence-electron chi connectivity index (χ3n) is 5.02. The van der Waals surface area contributed by atoms with E-state index in [2.05, 4.69) is 18.7 Å². The second kappa shape index (κ2) is 7.31. The summed E-state index contributed by atoms with van der Waals surface area (Å²) in [5.41, 5.74) is 0.993. The average Bonchev–Trinajstić information content (AvgIpc) is 2.89. The molecule has 2 fully saturated rings. The van der Waals surface area contributed by atoms with E-state index >= 15 is 0 Å². The molecule has 2 heterocycles. The maximum absolute atomic E-state index is 10.5. The van der Waals surface area contributed by atoms with E-state index in [1.54, 1.807) is 0 Å². The minimum atomic E-state index is -0.439. The van der Waals surface area contributed by atoms with E-state index in [0.29, 0.717) is 19.1 Å². The largest absolute Gasteiger partial charge is 0.388 e. The Hall–Kier alpha value is -0.940. The molecule has 3 rings (SSSR count). The van der Waals surface area contributed by atoms with E-state index in [9.17, 15) is 5.11 Å². The molecule has 4 heteroatoms. The molecular weight excluding hydrogens is 290 g/mol. The lowest BCUT2D eigenvalue weighted by atomic mass is 10.00. The highest BCUT2D eigenvalue weighted by Crippen LogP contribution is 2.31. The Balaban J connectivity index is 1.58. The lowest BCUT2D eigenvalue weighted by molar-refractivity contribution is -0.0688. The van der Waals surface area contributed by atoms with Crippen molar-refractivity contribution in [3.63, 3.8) is 0 Å². The van der Waals surface area contributed by atoms with Crippen molar-refractivity contribution >= 4 is 0 Å². The smallest absolute Gasteiger partial charge is 0.0805 e. The molecular formula is C19H29NO3. The number of hydrogen-bond acceptors (Lipinski definition) is 4. The van der Waals surface area contributed by atoms with Crippen molar-refractivity contribution in [1.82, 2.24) is 4.90 Å². The number of rotatable bonds is 5. The van der Waals surface area contributed by atoms with E-state index in [-0.39, 0.29) is 11.6 Å². The first-order valence-electron chi connectivity index (χ1n) is 8.76. The Labute approximate surface area is 139 Å². The second-order valence-electron chi connectivity index (χ2n) is 7.42. The van der Waals surface area contributed by atoms with Gasteiger partial charge >= 0.3 is 0 Å². The van der Waals surface area contributed by atoms with Gasteiger partial charge in [0.2, 0.25) is 0 Å². The molecule has 128 valence electrons. The van der Waals surface area contributed by atoms with Gasteiger partial charge < -0.3 is 14.6 Å². The topological polar surface area (TPSA) is 41.9 Å². The van der Waals surface area contributed by atoms with Gasteiger partial charge in [-0.1, -0.05) is 30.3 Å². The summed E-state index contributed by atoms with van der Waals surface area (Å²) >= 11 is 0. The zero-order valence-electron chi connectivity index (χ0n) is 14.3. The first kappa shape index (κ1) is 16.9. The zero-order valence-corrected chi connectivity index (χ0v) is 14.3. The Morgan fingerprint density at radius 3 is 2.78 bits per heavy atom. The van der Waals surface area contributed by atoms with Crippen LogP contribution < -0.4 is 0 Å². The molecule has 0 saturated carbocycles. The average molecular weight is 319 g/mol. The number of hydrogen-bond donors (Lipinski definition) is 1. The van der Waals surface area contributed by atoms with Gasteiger partial charge in [-0.2, -0.15) is 0 Å². The Bertz CT molecular complexity index is 491. The summed E-state index contributed by atoms with van der Waals surface area (Å²) in [5.74, 6) is 0. The molecule has 0 radical (unpaired) electrons. The molecule has 1 aromatic carbocycles. The third-order valence-corrected chi connectivity index (χ3v) is 5.02. The van der Waals surface area contributed by atoms with Gasteiger partial charge in [-0.15, -0.1) is 0 Å². The summed E-state index contributed by atoms with van der Waals surface area (Å²) < 4.78 is 11.8. The van der Waals surface area contributed by atoms with Crippen LogP contribution in [0.1, 0.15) is 44.8 Å². The SMILES string of the molecule is CC1(C)CC[C@H](CN2CCOC[C@@H]2C[C@@H](O)c2ccccc2)O1. The summed E-state index contributed by atoms with van der Waals surface area (Å²) in [6, 6.07) is 10.2. The van der Waals surface area contributed by atoms with Gasteiger partial charge in [0.25, 0.3) is 0 Å². The van der Waals surface area contributed by atoms with Gasteiger partial charge in [-0.3, -0.25) is 4.90 Å². The lowest BCUT2D eigenvalue weighted by Crippen LogP contribution is -2.49. The van der Waals surface area contributed by atoms with Gasteiger partial charge in [-0.05, 0) is 38.7 Å². The van der Waals surface area contributed by atoms with E-state index in [0.717, 1.165) is 38.1 Å². The first-order valence-corrected chi connectivity index (χ1v) is 8.76. The highest BCUT2D eigenvalue weighted by molar-refractivity contribution is 5.17. The van der Waals surface area contributed by atoms with Crippen molar-refractivity contribution in [1.29, 1.82) is 0 Å². The summed E-state index contributed by atoms with van der Waals surface area (Å²) in [6.45, 7) is 7.67. The highest BCUT2D eigenvalue weighted by Gasteiger charge is 2.35. The molecule has 2 aliphatic heterocycles. The Kier molecular flexibility index (Phi) is 5.37. The van der Waals surface area contributed by atoms with Gasteiger partial charge in [0, 0.05) is 19.1 Å². The van der Waals surface area contributed by atoms with Crippen LogP contribution in [0, 0.1) is 0 Å². The molecule has 0 unspecified atom stereocenters. The molecule has 1 N–H and O–H groups in total. The van der Waals surface area contributed by atoms with Gasteiger partial charge in [0.1, 0.15) is 0 Å². The predicted octanol–water partition coefficient (Wildman–Crippen LogP) is 2.77. The monoisotopic (exact) mass is 319 g/mol. The van der Waals surface area contributed by atoms with Crippen LogP contribution >= 0.6 is 0 Å². The van der Waals surface area contributed by atoms with Crippen LogP contribution in [-0.4, -0.2) is 54.1 Å². The van der Waals surface area contributed by atoms with Crippen LogP contribution in [0.5, 0.6) is 0 Å². The molecule has 23 heavy (non-hydrogen) atoms. The molecule has 1 aromatic rings. The van der Waals surface area contributed by atoms with Crippen LogP contribution in [0.25, 0.3) is 0 Å². The highest BCUT2D eigenvalue weighted by atomic mass is 16.5. The molecule has 3 atom stereocenters. The van der Waals surface area contributed by atoms with Gasteiger partial charge in [-0.25, -0.2) is 0 Å². The quantitative estimate of drug-likeness (QED) is 0.906. The number of aliphatic hydroxyl groups is 1. The molecule has 4 nitrogen and oxygen atoms in total. The predicted molar refractivity (Wildman–Crippen MR) is 90.4 cm³/mol. The minimum absolute atomic E-state index is 0.00992. The summed E-state index contributed by atoms with van der Waals surface area (Å²) in [5, 5.41) is 10.5. The van der Waals surface area contributed by atoms with Crippen molar-refractivity contribution in [3.05, 3.63) is 35.9 Å². The van der Waals surface area contributed by atoms with Crippen molar-refractivity contribution < 1.29 is 14.6 Å². The fourth-order valence-corrected chi connectivity index (χ4v) is 3.68. The van der Waals surface area contributed by atoms with Crippen LogP contribution in [0.2, 0.25) is 0 Å². The summed E-state index contributed by atoms with van der Waals surface area (Å²) in [6.07, 6.45) is 2.82. The molecule has 0 aromatic heterocycles. The van der Waals surface area contributed by atoms with Crippen LogP contribution in [0.3, 0.4) is 0 Å². The molecule has 0 spiro atoms. The van der Waals surface area contributed by atoms with E-state index < -0.39 is 6.10 Å². The van der Waals surface area contributed by atoms with Crippen molar-refractivity contribution in [3.8, 4) is 0 Å². The normalized spacial score (nSPS) is 29.5. The van der Waals surface area contributed by atoms with E-state index in [1.165, 1.54) is 0 Å². The lowest BCUT2D eigenvalue weighted by Gasteiger charge is -2.38. The van der Waals surface area contributed by atoms with Crippen LogP contribution in [0.4, 0.5) is 0 Å². The Morgan fingerprint density at radius 1 is 1.30 bits per heavy atom. The minimum Gasteiger partial charge on any atom is -0.388 e. The van der Waals surface area contributed by atoms with Crippen molar-refractivity contribution in [2.75, 3.05) is 26.3 Å². The molecule has 2 saturated heterocycles. The molecule has 0 amide bonds. The number of morpholine rings is 1. The van der Waals surface area contributed by atoms with Gasteiger partial charge in [0.15, 0.2) is 0 Å². The number of ether oxygens (including phenoxy) is 2. The fourth-order valence-electron chi connectivity index (χ4n) is 3.68. The van der Waals surface area contributed by atoms with E-state index in [4.69, 9.17) is 9.47 Å².